The summed E-state index contributed by atoms with van der Waals surface area (Å²) in [7, 11) is -3.49. The van der Waals surface area contributed by atoms with Crippen molar-refractivity contribution in [3.8, 4) is 0 Å². The monoisotopic (exact) mass is 307 g/mol. The average molecular weight is 307 g/mol. The Labute approximate surface area is 124 Å². The number of hydrogen-bond acceptors (Lipinski definition) is 3. The standard InChI is InChI=1S/C15H17NO4S/c1-12-3-2-10-16(11-12)21(19,20)14-7-4-13(5-8-14)6-9-15(17)18/h3-9H,2,10-11H2,1H3,(H,17,18)/b9-6+. The maximum absolute atomic E-state index is 12.5. The number of benzene rings is 1. The number of rotatable bonds is 4. The van der Waals surface area contributed by atoms with E-state index in [0.717, 1.165) is 18.1 Å². The van der Waals surface area contributed by atoms with Gasteiger partial charge in [-0.2, -0.15) is 4.31 Å². The smallest absolute Gasteiger partial charge is 0.328 e. The normalized spacial score (nSPS) is 16.9. The predicted octanol–water partition coefficient (Wildman–Crippen LogP) is 2.13. The predicted molar refractivity (Wildman–Crippen MR) is 80.2 cm³/mol. The van der Waals surface area contributed by atoms with Crippen molar-refractivity contribution in [1.29, 1.82) is 0 Å². The summed E-state index contributed by atoms with van der Waals surface area (Å²) in [6.07, 6.45) is 5.21. The SMILES string of the molecule is CC1=CCCN(S(=O)(=O)c2ccc(/C=C/C(=O)O)cc2)C1. The fraction of sp³-hybridized carbons (Fsp3) is 0.267. The van der Waals surface area contributed by atoms with Crippen LogP contribution in [0.15, 0.2) is 46.9 Å². The molecule has 0 aliphatic carbocycles. The van der Waals surface area contributed by atoms with Crippen LogP contribution in [0.5, 0.6) is 0 Å². The van der Waals surface area contributed by atoms with Crippen LogP contribution >= 0.6 is 0 Å². The van der Waals surface area contributed by atoms with Crippen LogP contribution in [0.2, 0.25) is 0 Å². The molecule has 5 nitrogen and oxygen atoms in total. The molecule has 1 aliphatic rings. The van der Waals surface area contributed by atoms with E-state index in [1.54, 1.807) is 12.1 Å². The van der Waals surface area contributed by atoms with Crippen molar-refractivity contribution >= 4 is 22.1 Å². The highest BCUT2D eigenvalue weighted by Crippen LogP contribution is 2.21. The third-order valence-electron chi connectivity index (χ3n) is 3.23. The van der Waals surface area contributed by atoms with Gasteiger partial charge in [-0.3, -0.25) is 0 Å². The molecule has 112 valence electrons. The highest BCUT2D eigenvalue weighted by Gasteiger charge is 2.25. The second-order valence-corrected chi connectivity index (χ2v) is 6.86. The highest BCUT2D eigenvalue weighted by molar-refractivity contribution is 7.89. The second-order valence-electron chi connectivity index (χ2n) is 4.92. The minimum Gasteiger partial charge on any atom is -0.478 e. The van der Waals surface area contributed by atoms with Crippen molar-refractivity contribution in [1.82, 2.24) is 4.31 Å². The van der Waals surface area contributed by atoms with E-state index in [0.29, 0.717) is 18.7 Å². The van der Waals surface area contributed by atoms with Crippen molar-refractivity contribution in [2.75, 3.05) is 13.1 Å². The van der Waals surface area contributed by atoms with Gasteiger partial charge in [0.1, 0.15) is 0 Å². The lowest BCUT2D eigenvalue weighted by molar-refractivity contribution is -0.131. The van der Waals surface area contributed by atoms with Gasteiger partial charge in [0.2, 0.25) is 10.0 Å². The van der Waals surface area contributed by atoms with Crippen LogP contribution in [0.1, 0.15) is 18.9 Å². The van der Waals surface area contributed by atoms with Crippen molar-refractivity contribution in [3.05, 3.63) is 47.6 Å². The van der Waals surface area contributed by atoms with Gasteiger partial charge in [-0.1, -0.05) is 23.8 Å². The summed E-state index contributed by atoms with van der Waals surface area (Å²) >= 11 is 0. The Hall–Kier alpha value is -1.92. The van der Waals surface area contributed by atoms with Gasteiger partial charge in [-0.25, -0.2) is 13.2 Å². The Morgan fingerprint density at radius 2 is 1.95 bits per heavy atom. The van der Waals surface area contributed by atoms with Crippen LogP contribution in [0, 0.1) is 0 Å². The lowest BCUT2D eigenvalue weighted by Gasteiger charge is -2.25. The second kappa shape index (κ2) is 6.24. The third kappa shape index (κ3) is 3.80. The number of hydrogen-bond donors (Lipinski definition) is 1. The first-order valence-electron chi connectivity index (χ1n) is 6.56. The molecule has 1 aromatic carbocycles. The molecular weight excluding hydrogens is 290 g/mol. The van der Waals surface area contributed by atoms with E-state index in [1.165, 1.54) is 22.5 Å². The van der Waals surface area contributed by atoms with E-state index < -0.39 is 16.0 Å². The Morgan fingerprint density at radius 1 is 1.29 bits per heavy atom. The topological polar surface area (TPSA) is 74.7 Å². The van der Waals surface area contributed by atoms with Crippen molar-refractivity contribution in [2.24, 2.45) is 0 Å². The number of sulfonamides is 1. The Kier molecular flexibility index (Phi) is 4.59. The minimum atomic E-state index is -3.49. The maximum atomic E-state index is 12.5. The first-order chi connectivity index (χ1) is 9.89. The number of carbonyl (C=O) groups is 1. The molecule has 1 heterocycles. The molecule has 0 radical (unpaired) electrons. The fourth-order valence-corrected chi connectivity index (χ4v) is 3.65. The van der Waals surface area contributed by atoms with Gasteiger partial charge >= 0.3 is 5.97 Å². The van der Waals surface area contributed by atoms with Crippen LogP contribution in [-0.4, -0.2) is 36.9 Å². The Bertz CT molecular complexity index is 687. The molecule has 0 fully saturated rings. The summed E-state index contributed by atoms with van der Waals surface area (Å²) in [4.78, 5) is 10.7. The minimum absolute atomic E-state index is 0.227. The summed E-state index contributed by atoms with van der Waals surface area (Å²) in [5.74, 6) is -1.04. The number of carboxylic acid groups (broad SMARTS) is 1. The van der Waals surface area contributed by atoms with Crippen LogP contribution in [0.3, 0.4) is 0 Å². The largest absolute Gasteiger partial charge is 0.478 e. The molecule has 1 aliphatic heterocycles. The summed E-state index contributed by atoms with van der Waals surface area (Å²) in [6.45, 7) is 2.82. The van der Waals surface area contributed by atoms with Crippen LogP contribution in [-0.2, 0) is 14.8 Å². The summed E-state index contributed by atoms with van der Waals surface area (Å²) < 4.78 is 26.5. The number of carboxylic acids is 1. The molecule has 6 heteroatoms. The molecule has 0 aromatic heterocycles. The van der Waals surface area contributed by atoms with E-state index in [1.807, 2.05) is 13.0 Å². The molecule has 0 bridgehead atoms. The van der Waals surface area contributed by atoms with E-state index in [2.05, 4.69) is 0 Å². The number of nitrogens with zero attached hydrogens (tertiary/aromatic N) is 1. The molecule has 2 rings (SSSR count). The zero-order chi connectivity index (χ0) is 15.5. The van der Waals surface area contributed by atoms with Gasteiger partial charge in [-0.05, 0) is 37.1 Å². The molecular formula is C15H17NO4S. The number of aliphatic carboxylic acids is 1. The molecule has 0 atom stereocenters. The van der Waals surface area contributed by atoms with Crippen molar-refractivity contribution < 1.29 is 18.3 Å². The first kappa shape index (κ1) is 15.5. The van der Waals surface area contributed by atoms with E-state index in [9.17, 15) is 13.2 Å². The third-order valence-corrected chi connectivity index (χ3v) is 5.09. The van der Waals surface area contributed by atoms with Crippen molar-refractivity contribution in [3.63, 3.8) is 0 Å². The summed E-state index contributed by atoms with van der Waals surface area (Å²) in [5, 5.41) is 8.56. The van der Waals surface area contributed by atoms with Crippen LogP contribution in [0.4, 0.5) is 0 Å². The molecule has 0 saturated carbocycles. The van der Waals surface area contributed by atoms with Gasteiger partial charge in [0.15, 0.2) is 0 Å². The first-order valence-corrected chi connectivity index (χ1v) is 8.00. The molecule has 0 unspecified atom stereocenters. The Morgan fingerprint density at radius 3 is 2.52 bits per heavy atom. The maximum Gasteiger partial charge on any atom is 0.328 e. The lowest BCUT2D eigenvalue weighted by atomic mass is 10.2. The van der Waals surface area contributed by atoms with Crippen LogP contribution in [0.25, 0.3) is 6.08 Å². The molecule has 1 N–H and O–H groups in total. The van der Waals surface area contributed by atoms with E-state index in [4.69, 9.17) is 5.11 Å². The molecule has 21 heavy (non-hydrogen) atoms. The van der Waals surface area contributed by atoms with E-state index in [-0.39, 0.29) is 4.90 Å². The van der Waals surface area contributed by atoms with Gasteiger partial charge < -0.3 is 5.11 Å². The zero-order valence-electron chi connectivity index (χ0n) is 11.7. The van der Waals surface area contributed by atoms with Gasteiger partial charge in [0.05, 0.1) is 4.90 Å². The summed E-state index contributed by atoms with van der Waals surface area (Å²) in [5.41, 5.74) is 1.69. The van der Waals surface area contributed by atoms with Crippen molar-refractivity contribution in [2.45, 2.75) is 18.2 Å². The highest BCUT2D eigenvalue weighted by atomic mass is 32.2. The lowest BCUT2D eigenvalue weighted by Crippen LogP contribution is -2.35. The molecule has 1 aromatic rings. The van der Waals surface area contributed by atoms with Crippen LogP contribution < -0.4 is 0 Å². The zero-order valence-corrected chi connectivity index (χ0v) is 12.5. The molecule has 0 saturated heterocycles. The molecule has 0 spiro atoms. The van der Waals surface area contributed by atoms with Gasteiger partial charge in [-0.15, -0.1) is 0 Å². The molecule has 0 amide bonds. The van der Waals surface area contributed by atoms with Gasteiger partial charge in [0.25, 0.3) is 0 Å². The summed E-state index contributed by atoms with van der Waals surface area (Å²) in [6, 6.07) is 6.20. The average Bonchev–Trinajstić information content (AvgIpc) is 2.45. The quantitative estimate of drug-likeness (QED) is 0.683. The fourth-order valence-electron chi connectivity index (χ4n) is 2.15. The van der Waals surface area contributed by atoms with E-state index >= 15 is 0 Å². The van der Waals surface area contributed by atoms with Gasteiger partial charge in [0, 0.05) is 19.2 Å². The Balaban J connectivity index is 2.21.